The van der Waals surface area contributed by atoms with Crippen LogP contribution >= 0.6 is 15.9 Å². The minimum Gasteiger partial charge on any atom is -0.355 e. The molecule has 2 aliphatic rings. The molecule has 1 N–H and O–H groups in total. The van der Waals surface area contributed by atoms with Crippen LogP contribution in [-0.2, 0) is 9.59 Å². The number of nitrogens with zero attached hydrogens (tertiary/aromatic N) is 3. The lowest BCUT2D eigenvalue weighted by atomic mass is 9.85. The molecule has 0 aromatic heterocycles. The van der Waals surface area contributed by atoms with E-state index < -0.39 is 5.54 Å². The molecule has 0 aliphatic carbocycles. The smallest absolute Gasteiger partial charge is 0.253 e. The molecule has 2 aliphatic heterocycles. The van der Waals surface area contributed by atoms with Gasteiger partial charge in [-0.25, -0.2) is 0 Å². The van der Waals surface area contributed by atoms with Crippen LogP contribution in [0, 0.1) is 0 Å². The van der Waals surface area contributed by atoms with Gasteiger partial charge in [-0.3, -0.25) is 14.4 Å². The summed E-state index contributed by atoms with van der Waals surface area (Å²) >= 11 is 3.40. The Morgan fingerprint density at radius 1 is 1.03 bits per heavy atom. The average molecular weight is 499 g/mol. The first kappa shape index (κ1) is 22.3. The fourth-order valence-corrected chi connectivity index (χ4v) is 4.87. The minimum atomic E-state index is -0.746. The number of nitrogens with one attached hydrogen (secondary N) is 1. The Bertz CT molecular complexity index is 988. The molecule has 1 spiro atoms. The highest BCUT2D eigenvalue weighted by Gasteiger charge is 2.54. The van der Waals surface area contributed by atoms with Crippen molar-refractivity contribution in [1.29, 1.82) is 0 Å². The van der Waals surface area contributed by atoms with Crippen molar-refractivity contribution in [1.82, 2.24) is 15.1 Å². The van der Waals surface area contributed by atoms with Crippen LogP contribution in [0.3, 0.4) is 0 Å². The van der Waals surface area contributed by atoms with E-state index in [0.717, 1.165) is 10.2 Å². The molecule has 2 saturated heterocycles. The third kappa shape index (κ3) is 4.24. The van der Waals surface area contributed by atoms with Crippen LogP contribution in [0.4, 0.5) is 5.69 Å². The Morgan fingerprint density at radius 3 is 2.31 bits per heavy atom. The summed E-state index contributed by atoms with van der Waals surface area (Å²) in [4.78, 5) is 44.3. The van der Waals surface area contributed by atoms with Crippen LogP contribution < -0.4 is 10.2 Å². The second kappa shape index (κ2) is 9.32. The number of benzene rings is 2. The number of amides is 3. The van der Waals surface area contributed by atoms with Crippen molar-refractivity contribution >= 4 is 39.3 Å². The lowest BCUT2D eigenvalue weighted by Crippen LogP contribution is -2.57. The number of carbonyl (C=O) groups is 3. The van der Waals surface area contributed by atoms with Crippen LogP contribution in [0.1, 0.15) is 30.1 Å². The molecule has 0 radical (unpaired) electrons. The normalized spacial score (nSPS) is 17.7. The molecule has 8 heteroatoms. The van der Waals surface area contributed by atoms with Crippen LogP contribution in [-0.4, -0.2) is 65.9 Å². The fourth-order valence-electron chi connectivity index (χ4n) is 4.60. The van der Waals surface area contributed by atoms with Crippen molar-refractivity contribution in [2.24, 2.45) is 0 Å². The number of piperidine rings is 1. The molecule has 0 unspecified atom stereocenters. The summed E-state index contributed by atoms with van der Waals surface area (Å²) in [6.45, 7) is 3.76. The highest BCUT2D eigenvalue weighted by atomic mass is 79.9. The first-order chi connectivity index (χ1) is 15.4. The van der Waals surface area contributed by atoms with Gasteiger partial charge in [-0.1, -0.05) is 34.1 Å². The zero-order valence-electron chi connectivity index (χ0n) is 18.1. The van der Waals surface area contributed by atoms with Crippen molar-refractivity contribution in [2.45, 2.75) is 25.3 Å². The number of hydrogen-bond donors (Lipinski definition) is 1. The van der Waals surface area contributed by atoms with Gasteiger partial charge in [0.15, 0.2) is 0 Å². The lowest BCUT2D eigenvalue weighted by Gasteiger charge is -2.43. The van der Waals surface area contributed by atoms with Gasteiger partial charge in [-0.15, -0.1) is 0 Å². The van der Waals surface area contributed by atoms with Crippen LogP contribution in [0.2, 0.25) is 0 Å². The summed E-state index contributed by atoms with van der Waals surface area (Å²) in [6, 6.07) is 17.2. The first-order valence-corrected chi connectivity index (χ1v) is 11.7. The van der Waals surface area contributed by atoms with Crippen molar-refractivity contribution in [3.05, 3.63) is 64.6 Å². The topological polar surface area (TPSA) is 73.0 Å². The summed E-state index contributed by atoms with van der Waals surface area (Å²) in [7, 11) is 0. The van der Waals surface area contributed by atoms with E-state index in [4.69, 9.17) is 0 Å². The molecule has 3 amide bonds. The summed E-state index contributed by atoms with van der Waals surface area (Å²) in [6.07, 6.45) is 1.05. The Morgan fingerprint density at radius 2 is 1.69 bits per heavy atom. The molecule has 7 nitrogen and oxygen atoms in total. The van der Waals surface area contributed by atoms with Gasteiger partial charge in [-0.05, 0) is 56.2 Å². The lowest BCUT2D eigenvalue weighted by molar-refractivity contribution is -0.137. The standard InChI is InChI=1S/C24H27BrN4O3/c1-2-26-21(30)16-28-17-29(20-6-4-3-5-7-20)24(23(28)32)12-14-27(15-13-24)22(31)18-8-10-19(25)11-9-18/h3-11H,2,12-17H2,1H3,(H,26,30). The number of likely N-dealkylation sites (tertiary alicyclic amines) is 1. The van der Waals surface area contributed by atoms with Crippen LogP contribution in [0.25, 0.3) is 0 Å². The van der Waals surface area contributed by atoms with Crippen molar-refractivity contribution in [2.75, 3.05) is 37.7 Å². The predicted octanol–water partition coefficient (Wildman–Crippen LogP) is 2.87. The van der Waals surface area contributed by atoms with Gasteiger partial charge in [-0.2, -0.15) is 0 Å². The van der Waals surface area contributed by atoms with E-state index in [2.05, 4.69) is 26.1 Å². The van der Waals surface area contributed by atoms with Gasteiger partial charge in [0.1, 0.15) is 12.1 Å². The molecule has 2 heterocycles. The molecular weight excluding hydrogens is 472 g/mol. The maximum absolute atomic E-state index is 13.6. The van der Waals surface area contributed by atoms with Gasteiger partial charge in [0.25, 0.3) is 11.8 Å². The molecule has 2 aromatic rings. The van der Waals surface area contributed by atoms with Gasteiger partial charge in [0.05, 0.1) is 6.67 Å². The molecule has 0 bridgehead atoms. The van der Waals surface area contributed by atoms with Gasteiger partial charge >= 0.3 is 0 Å². The number of halogens is 1. The van der Waals surface area contributed by atoms with E-state index in [1.807, 2.05) is 66.4 Å². The number of anilines is 1. The van der Waals surface area contributed by atoms with E-state index in [-0.39, 0.29) is 24.3 Å². The SMILES string of the molecule is CCNC(=O)CN1CN(c2ccccc2)C2(CCN(C(=O)c3ccc(Br)cc3)CC2)C1=O. The van der Waals surface area contributed by atoms with Crippen molar-refractivity contribution < 1.29 is 14.4 Å². The first-order valence-electron chi connectivity index (χ1n) is 10.9. The molecule has 4 rings (SSSR count). The van der Waals surface area contributed by atoms with E-state index >= 15 is 0 Å². The highest BCUT2D eigenvalue weighted by Crippen LogP contribution is 2.39. The third-order valence-corrected chi connectivity index (χ3v) is 6.79. The maximum Gasteiger partial charge on any atom is 0.253 e. The molecule has 32 heavy (non-hydrogen) atoms. The number of likely N-dealkylation sites (N-methyl/N-ethyl adjacent to an activating group) is 1. The quantitative estimate of drug-likeness (QED) is 0.687. The fraction of sp³-hybridized carbons (Fsp3) is 0.375. The van der Waals surface area contributed by atoms with E-state index in [9.17, 15) is 14.4 Å². The highest BCUT2D eigenvalue weighted by molar-refractivity contribution is 9.10. The Kier molecular flexibility index (Phi) is 6.50. The number of rotatable bonds is 5. The van der Waals surface area contributed by atoms with E-state index in [1.165, 1.54) is 0 Å². The Hall–Kier alpha value is -2.87. The van der Waals surface area contributed by atoms with E-state index in [1.54, 1.807) is 4.90 Å². The maximum atomic E-state index is 13.6. The molecule has 168 valence electrons. The van der Waals surface area contributed by atoms with Crippen LogP contribution in [0.15, 0.2) is 59.1 Å². The molecular formula is C24H27BrN4O3. The second-order valence-electron chi connectivity index (χ2n) is 8.19. The number of carbonyl (C=O) groups excluding carboxylic acids is 3. The Balaban J connectivity index is 1.55. The van der Waals surface area contributed by atoms with E-state index in [0.29, 0.717) is 44.7 Å². The number of hydrogen-bond acceptors (Lipinski definition) is 4. The minimum absolute atomic E-state index is 0.0248. The summed E-state index contributed by atoms with van der Waals surface area (Å²) in [5.41, 5.74) is 0.844. The zero-order valence-corrected chi connectivity index (χ0v) is 19.7. The predicted molar refractivity (Wildman–Crippen MR) is 126 cm³/mol. The number of para-hydroxylation sites is 1. The van der Waals surface area contributed by atoms with Gasteiger partial charge < -0.3 is 20.0 Å². The summed E-state index contributed by atoms with van der Waals surface area (Å²) in [5.74, 6) is -0.222. The molecule has 2 aromatic carbocycles. The monoisotopic (exact) mass is 498 g/mol. The van der Waals surface area contributed by atoms with Crippen molar-refractivity contribution in [3.63, 3.8) is 0 Å². The largest absolute Gasteiger partial charge is 0.355 e. The van der Waals surface area contributed by atoms with Gasteiger partial charge in [0, 0.05) is 35.4 Å². The van der Waals surface area contributed by atoms with Crippen LogP contribution in [0.5, 0.6) is 0 Å². The van der Waals surface area contributed by atoms with Crippen molar-refractivity contribution in [3.8, 4) is 0 Å². The second-order valence-corrected chi connectivity index (χ2v) is 9.11. The Labute approximate surface area is 196 Å². The summed E-state index contributed by atoms with van der Waals surface area (Å²) in [5, 5.41) is 2.78. The third-order valence-electron chi connectivity index (χ3n) is 6.26. The molecule has 0 saturated carbocycles. The molecule has 0 atom stereocenters. The zero-order chi connectivity index (χ0) is 22.7. The summed E-state index contributed by atoms with van der Waals surface area (Å²) < 4.78 is 0.925. The average Bonchev–Trinajstić information content (AvgIpc) is 3.06. The van der Waals surface area contributed by atoms with Gasteiger partial charge in [0.2, 0.25) is 5.91 Å². The molecule has 2 fully saturated rings.